The molecule has 2 aromatic carbocycles. The van der Waals surface area contributed by atoms with Crippen LogP contribution in [0.4, 0.5) is 20.2 Å². The summed E-state index contributed by atoms with van der Waals surface area (Å²) in [6.45, 7) is 5.81. The minimum absolute atomic E-state index is 0.0319. The van der Waals surface area contributed by atoms with Crippen molar-refractivity contribution in [1.29, 1.82) is 0 Å². The number of halogens is 2. The van der Waals surface area contributed by atoms with Crippen LogP contribution >= 0.6 is 0 Å². The highest BCUT2D eigenvalue weighted by atomic mass is 19.1. The monoisotopic (exact) mass is 661 g/mol. The number of carbonyl (C=O) groups excluding carboxylic acids is 2. The molecule has 2 aromatic rings. The smallest absolute Gasteiger partial charge is 0.240 e. The number of amides is 2. The van der Waals surface area contributed by atoms with E-state index >= 15 is 4.39 Å². The number of nitrogens with one attached hydrogen (secondary N) is 3. The number of anilines is 2. The van der Waals surface area contributed by atoms with Crippen LogP contribution in [0.5, 0.6) is 5.75 Å². The molecule has 2 fully saturated rings. The number of nitrogens with zero attached hydrogens (tertiary/aromatic N) is 2. The Balaban J connectivity index is 1.08. The van der Waals surface area contributed by atoms with E-state index in [-0.39, 0.29) is 17.5 Å². The first-order chi connectivity index (χ1) is 23.2. The zero-order valence-corrected chi connectivity index (χ0v) is 27.2. The molecule has 0 bridgehead atoms. The number of ether oxygens (including phenoxy) is 3. The molecule has 1 saturated carbocycles. The predicted molar refractivity (Wildman–Crippen MR) is 178 cm³/mol. The van der Waals surface area contributed by atoms with E-state index < -0.39 is 28.9 Å². The van der Waals surface area contributed by atoms with Gasteiger partial charge in [0.15, 0.2) is 23.1 Å². The van der Waals surface area contributed by atoms with Gasteiger partial charge in [-0.25, -0.2) is 8.78 Å². The molecule has 4 aliphatic rings. The summed E-state index contributed by atoms with van der Waals surface area (Å²) < 4.78 is 46.4. The molecular weight excluding hydrogens is 620 g/mol. The fourth-order valence-electron chi connectivity index (χ4n) is 6.13. The number of allylic oxidation sites excluding steroid dienone is 1. The van der Waals surface area contributed by atoms with Gasteiger partial charge in [-0.05, 0) is 80.9 Å². The Morgan fingerprint density at radius 3 is 2.35 bits per heavy atom. The van der Waals surface area contributed by atoms with Crippen molar-refractivity contribution in [3.05, 3.63) is 101 Å². The number of hydrogen-bond donors (Lipinski definition) is 3. The molecule has 12 heteroatoms. The third-order valence-electron chi connectivity index (χ3n) is 9.26. The fraction of sp³-hybridized carbons (Fsp3) is 0.389. The molecule has 0 spiro atoms. The molecule has 48 heavy (non-hydrogen) atoms. The molecule has 3 N–H and O–H groups in total. The molecule has 2 heterocycles. The van der Waals surface area contributed by atoms with E-state index in [0.29, 0.717) is 48.8 Å². The Morgan fingerprint density at radius 1 is 0.979 bits per heavy atom. The number of benzene rings is 2. The second-order valence-electron chi connectivity index (χ2n) is 12.5. The minimum Gasteiger partial charge on any atom is -0.493 e. The van der Waals surface area contributed by atoms with Crippen molar-refractivity contribution in [2.75, 3.05) is 64.1 Å². The van der Waals surface area contributed by atoms with Crippen molar-refractivity contribution in [3.8, 4) is 5.75 Å². The van der Waals surface area contributed by atoms with E-state index in [1.807, 2.05) is 12.2 Å². The molecule has 10 nitrogen and oxygen atoms in total. The highest BCUT2D eigenvalue weighted by molar-refractivity contribution is 6.15. The maximum atomic E-state index is 15.4. The predicted octanol–water partition coefficient (Wildman–Crippen LogP) is 4.91. The molecule has 0 radical (unpaired) electrons. The summed E-state index contributed by atoms with van der Waals surface area (Å²) in [6.07, 6.45) is 9.49. The average Bonchev–Trinajstić information content (AvgIpc) is 3.05. The van der Waals surface area contributed by atoms with Gasteiger partial charge in [0.1, 0.15) is 17.0 Å². The molecule has 1 atom stereocenters. The lowest BCUT2D eigenvalue weighted by atomic mass is 9.67. The third kappa shape index (κ3) is 7.39. The van der Waals surface area contributed by atoms with Crippen LogP contribution in [0.2, 0.25) is 0 Å². The van der Waals surface area contributed by atoms with Gasteiger partial charge in [-0.3, -0.25) is 9.59 Å². The SMILES string of the molecule is COC1=CC2=C(Oc3ccc(NC(=O)C4(C(=O)Nc5ccc(F)cc5)CCC4)cc3F)C=CNC2C=C1OCCCN1CCN(C)CC1. The Bertz CT molecular complexity index is 1640. The zero-order chi connectivity index (χ0) is 33.7. The molecule has 2 amide bonds. The van der Waals surface area contributed by atoms with Crippen molar-refractivity contribution in [2.24, 2.45) is 5.41 Å². The summed E-state index contributed by atoms with van der Waals surface area (Å²) in [7, 11) is 3.72. The lowest BCUT2D eigenvalue weighted by Crippen LogP contribution is -2.50. The first-order valence-electron chi connectivity index (χ1n) is 16.3. The van der Waals surface area contributed by atoms with Crippen LogP contribution in [-0.2, 0) is 19.1 Å². The van der Waals surface area contributed by atoms with Gasteiger partial charge in [0, 0.05) is 61.9 Å². The summed E-state index contributed by atoms with van der Waals surface area (Å²) >= 11 is 0. The summed E-state index contributed by atoms with van der Waals surface area (Å²) in [5, 5.41) is 8.67. The maximum absolute atomic E-state index is 15.4. The number of rotatable bonds is 12. The van der Waals surface area contributed by atoms with Gasteiger partial charge < -0.3 is 40.0 Å². The van der Waals surface area contributed by atoms with Crippen LogP contribution in [0.1, 0.15) is 25.7 Å². The van der Waals surface area contributed by atoms with Gasteiger partial charge in [0.05, 0.1) is 19.8 Å². The molecular formula is C36H41F2N5O5. The lowest BCUT2D eigenvalue weighted by molar-refractivity contribution is -0.142. The summed E-state index contributed by atoms with van der Waals surface area (Å²) in [5.41, 5.74) is 0.0294. The van der Waals surface area contributed by atoms with E-state index in [0.717, 1.165) is 50.8 Å². The maximum Gasteiger partial charge on any atom is 0.240 e. The largest absolute Gasteiger partial charge is 0.493 e. The fourth-order valence-corrected chi connectivity index (χ4v) is 6.13. The standard InChI is InChI=1S/C36H41F2N5O5/c1-42-16-18-43(19-17-42)15-4-20-47-33-23-29-27(22-32(33)46-2)30(11-14-39-29)48-31-10-9-26(21-28(31)38)41-35(45)36(12-3-13-36)34(44)40-25-7-5-24(37)6-8-25/h5-11,14,21-23,29,39H,3-4,12-13,15-20H2,1-2H3,(H,40,44)(H,41,45). The van der Waals surface area contributed by atoms with Crippen molar-refractivity contribution >= 4 is 23.2 Å². The van der Waals surface area contributed by atoms with Crippen LogP contribution in [0.3, 0.4) is 0 Å². The number of fused-ring (bicyclic) bond motifs is 1. The Hall–Kier alpha value is -4.68. The van der Waals surface area contributed by atoms with Crippen molar-refractivity contribution in [2.45, 2.75) is 31.7 Å². The Kier molecular flexibility index (Phi) is 10.1. The van der Waals surface area contributed by atoms with Crippen molar-refractivity contribution < 1.29 is 32.6 Å². The Morgan fingerprint density at radius 2 is 1.69 bits per heavy atom. The summed E-state index contributed by atoms with van der Waals surface area (Å²) in [4.78, 5) is 31.1. The van der Waals surface area contributed by atoms with E-state index in [1.165, 1.54) is 36.4 Å². The number of dihydropyridines is 1. The molecule has 1 saturated heterocycles. The van der Waals surface area contributed by atoms with Gasteiger partial charge in [-0.15, -0.1) is 0 Å². The Labute approximate surface area is 279 Å². The van der Waals surface area contributed by atoms with E-state index in [1.54, 1.807) is 19.4 Å². The number of piperazine rings is 1. The van der Waals surface area contributed by atoms with Crippen LogP contribution in [0, 0.1) is 17.0 Å². The molecule has 254 valence electrons. The highest BCUT2D eigenvalue weighted by Gasteiger charge is 2.51. The van der Waals surface area contributed by atoms with Crippen LogP contribution in [0.15, 0.2) is 89.7 Å². The van der Waals surface area contributed by atoms with E-state index in [2.05, 4.69) is 32.8 Å². The molecule has 0 aromatic heterocycles. The van der Waals surface area contributed by atoms with E-state index in [9.17, 15) is 14.0 Å². The number of carbonyl (C=O) groups is 2. The van der Waals surface area contributed by atoms with Gasteiger partial charge in [0.25, 0.3) is 0 Å². The first kappa shape index (κ1) is 33.2. The number of likely N-dealkylation sites (N-methyl/N-ethyl adjacent to an activating group) is 1. The number of hydrogen-bond acceptors (Lipinski definition) is 8. The van der Waals surface area contributed by atoms with Crippen LogP contribution in [-0.4, -0.2) is 81.1 Å². The first-order valence-corrected chi connectivity index (χ1v) is 16.3. The van der Waals surface area contributed by atoms with Crippen molar-refractivity contribution in [3.63, 3.8) is 0 Å². The summed E-state index contributed by atoms with van der Waals surface area (Å²) in [6, 6.07) is 9.18. The quantitative estimate of drug-likeness (QED) is 0.218. The molecule has 2 aliphatic heterocycles. The molecule has 6 rings (SSSR count). The normalized spacial score (nSPS) is 20.4. The van der Waals surface area contributed by atoms with Crippen molar-refractivity contribution in [1.82, 2.24) is 15.1 Å². The lowest BCUT2D eigenvalue weighted by Gasteiger charge is -2.38. The zero-order valence-electron chi connectivity index (χ0n) is 27.2. The average molecular weight is 662 g/mol. The topological polar surface area (TPSA) is 104 Å². The van der Waals surface area contributed by atoms with E-state index in [4.69, 9.17) is 14.2 Å². The highest BCUT2D eigenvalue weighted by Crippen LogP contribution is 2.43. The van der Waals surface area contributed by atoms with Gasteiger partial charge in [0.2, 0.25) is 11.8 Å². The van der Waals surface area contributed by atoms with Gasteiger partial charge in [-0.2, -0.15) is 0 Å². The van der Waals surface area contributed by atoms with Gasteiger partial charge >= 0.3 is 0 Å². The summed E-state index contributed by atoms with van der Waals surface area (Å²) in [5.74, 6) is -0.549. The van der Waals surface area contributed by atoms with Crippen LogP contribution in [0.25, 0.3) is 0 Å². The van der Waals surface area contributed by atoms with Crippen LogP contribution < -0.4 is 20.7 Å². The van der Waals surface area contributed by atoms with Gasteiger partial charge in [-0.1, -0.05) is 6.42 Å². The second-order valence-corrected chi connectivity index (χ2v) is 12.5. The second kappa shape index (κ2) is 14.6. The molecule has 1 unspecified atom stereocenters. The number of methoxy groups -OCH3 is 1. The third-order valence-corrected chi connectivity index (χ3v) is 9.26. The minimum atomic E-state index is -1.30. The molecule has 2 aliphatic carbocycles.